The molecule has 2 aliphatic rings. The van der Waals surface area contributed by atoms with Crippen molar-refractivity contribution in [2.24, 2.45) is 13.0 Å². The zero-order chi connectivity index (χ0) is 18.1. The molecule has 0 radical (unpaired) electrons. The highest BCUT2D eigenvalue weighted by atomic mass is 16.1. The van der Waals surface area contributed by atoms with Crippen LogP contribution in [0.4, 0.5) is 0 Å². The van der Waals surface area contributed by atoms with Crippen LogP contribution in [0.5, 0.6) is 0 Å². The van der Waals surface area contributed by atoms with Crippen LogP contribution in [0.3, 0.4) is 0 Å². The van der Waals surface area contributed by atoms with E-state index in [4.69, 9.17) is 0 Å². The molecule has 0 aromatic carbocycles. The molecule has 4 rings (SSSR count). The van der Waals surface area contributed by atoms with E-state index >= 15 is 0 Å². The Morgan fingerprint density at radius 1 is 1.12 bits per heavy atom. The van der Waals surface area contributed by atoms with Crippen molar-refractivity contribution in [2.75, 3.05) is 13.1 Å². The second-order valence-electron chi connectivity index (χ2n) is 7.70. The molecule has 1 saturated heterocycles. The number of rotatable bonds is 4. The van der Waals surface area contributed by atoms with Gasteiger partial charge in [-0.2, -0.15) is 5.10 Å². The molecule has 2 aromatic heterocycles. The molecule has 0 N–H and O–H groups in total. The summed E-state index contributed by atoms with van der Waals surface area (Å²) < 4.78 is 3.32. The van der Waals surface area contributed by atoms with Crippen LogP contribution in [0.1, 0.15) is 36.1 Å². The maximum atomic E-state index is 12.3. The molecule has 0 atom stereocenters. The molecule has 1 aliphatic heterocycles. The van der Waals surface area contributed by atoms with Gasteiger partial charge in [-0.25, -0.2) is 4.68 Å². The largest absolute Gasteiger partial charge is 0.318 e. The SMILES string of the molecule is Cn1cc(CN2CCC(Cn3nc4c(cc3=O)CCC4)CC2)ccc1=O. The summed E-state index contributed by atoms with van der Waals surface area (Å²) in [5.41, 5.74) is 3.52. The summed E-state index contributed by atoms with van der Waals surface area (Å²) in [5.74, 6) is 0.510. The van der Waals surface area contributed by atoms with Gasteiger partial charge in [-0.3, -0.25) is 14.5 Å². The number of hydrogen-bond acceptors (Lipinski definition) is 4. The van der Waals surface area contributed by atoms with Gasteiger partial charge in [0.1, 0.15) is 0 Å². The van der Waals surface area contributed by atoms with Crippen LogP contribution in [-0.4, -0.2) is 32.3 Å². The number of pyridine rings is 1. The summed E-state index contributed by atoms with van der Waals surface area (Å²) in [5, 5.41) is 4.61. The molecule has 0 saturated carbocycles. The number of nitrogens with zero attached hydrogens (tertiary/aromatic N) is 4. The molecule has 1 fully saturated rings. The van der Waals surface area contributed by atoms with Gasteiger partial charge >= 0.3 is 0 Å². The third-order valence-electron chi connectivity index (χ3n) is 5.72. The van der Waals surface area contributed by atoms with Gasteiger partial charge in [0.25, 0.3) is 5.56 Å². The maximum Gasteiger partial charge on any atom is 0.267 e. The van der Waals surface area contributed by atoms with E-state index in [1.165, 1.54) is 5.56 Å². The highest BCUT2D eigenvalue weighted by molar-refractivity contribution is 5.22. The Morgan fingerprint density at radius 2 is 1.92 bits per heavy atom. The first-order valence-corrected chi connectivity index (χ1v) is 9.56. The molecule has 3 heterocycles. The lowest BCUT2D eigenvalue weighted by atomic mass is 9.96. The topological polar surface area (TPSA) is 60.1 Å². The molecule has 0 unspecified atom stereocenters. The number of piperidine rings is 1. The molecule has 0 amide bonds. The molecule has 1 aliphatic carbocycles. The summed E-state index contributed by atoms with van der Waals surface area (Å²) in [4.78, 5) is 26.2. The first-order chi connectivity index (χ1) is 12.6. The van der Waals surface area contributed by atoms with E-state index in [1.807, 2.05) is 12.3 Å². The van der Waals surface area contributed by atoms with E-state index in [2.05, 4.69) is 10.00 Å². The van der Waals surface area contributed by atoms with Crippen LogP contribution in [0.2, 0.25) is 0 Å². The van der Waals surface area contributed by atoms with Gasteiger partial charge in [-0.05, 0) is 62.2 Å². The Bertz CT molecular complexity index is 907. The molecule has 6 heteroatoms. The van der Waals surface area contributed by atoms with Crippen molar-refractivity contribution in [3.8, 4) is 0 Å². The van der Waals surface area contributed by atoms with Crippen molar-refractivity contribution in [1.82, 2.24) is 19.2 Å². The smallest absolute Gasteiger partial charge is 0.267 e. The molecule has 0 spiro atoms. The molecular formula is C20H26N4O2. The van der Waals surface area contributed by atoms with Crippen molar-refractivity contribution in [3.05, 3.63) is 61.9 Å². The Hall–Kier alpha value is -2.21. The number of fused-ring (bicyclic) bond motifs is 1. The standard InChI is InChI=1S/C20H26N4O2/c1-22-12-16(5-6-19(22)25)13-23-9-7-15(8-10-23)14-24-20(26)11-17-3-2-4-18(17)21-24/h5-6,11-12,15H,2-4,7-10,13-14H2,1H3. The lowest BCUT2D eigenvalue weighted by molar-refractivity contribution is 0.163. The number of hydrogen-bond donors (Lipinski definition) is 0. The van der Waals surface area contributed by atoms with Gasteiger partial charge in [0.05, 0.1) is 5.69 Å². The third-order valence-corrected chi connectivity index (χ3v) is 5.72. The van der Waals surface area contributed by atoms with Crippen molar-refractivity contribution < 1.29 is 0 Å². The van der Waals surface area contributed by atoms with Gasteiger partial charge in [-0.15, -0.1) is 0 Å². The normalized spacial score (nSPS) is 18.2. The van der Waals surface area contributed by atoms with Gasteiger partial charge in [-0.1, -0.05) is 6.07 Å². The van der Waals surface area contributed by atoms with Crippen molar-refractivity contribution in [3.63, 3.8) is 0 Å². The lowest BCUT2D eigenvalue weighted by Crippen LogP contribution is -2.36. The Morgan fingerprint density at radius 3 is 2.69 bits per heavy atom. The van der Waals surface area contributed by atoms with Crippen LogP contribution in [0.25, 0.3) is 0 Å². The van der Waals surface area contributed by atoms with Gasteiger partial charge < -0.3 is 4.57 Å². The van der Waals surface area contributed by atoms with Crippen LogP contribution in [-0.2, 0) is 33.0 Å². The summed E-state index contributed by atoms with van der Waals surface area (Å²) in [6.45, 7) is 3.65. The van der Waals surface area contributed by atoms with E-state index in [-0.39, 0.29) is 11.1 Å². The van der Waals surface area contributed by atoms with Crippen LogP contribution < -0.4 is 11.1 Å². The minimum atomic E-state index is 0.0275. The fourth-order valence-electron chi connectivity index (χ4n) is 4.14. The number of aromatic nitrogens is 3. The summed E-state index contributed by atoms with van der Waals surface area (Å²) >= 11 is 0. The summed E-state index contributed by atoms with van der Waals surface area (Å²) in [6.07, 6.45) is 7.21. The van der Waals surface area contributed by atoms with Crippen molar-refractivity contribution >= 4 is 0 Å². The van der Waals surface area contributed by atoms with E-state index in [1.54, 1.807) is 28.4 Å². The molecule has 6 nitrogen and oxygen atoms in total. The van der Waals surface area contributed by atoms with Gasteiger partial charge in [0.15, 0.2) is 0 Å². The molecular weight excluding hydrogens is 328 g/mol. The summed E-state index contributed by atoms with van der Waals surface area (Å²) in [7, 11) is 1.79. The molecule has 138 valence electrons. The van der Waals surface area contributed by atoms with Crippen LogP contribution in [0, 0.1) is 5.92 Å². The highest BCUT2D eigenvalue weighted by Crippen LogP contribution is 2.21. The molecule has 0 bridgehead atoms. The quantitative estimate of drug-likeness (QED) is 0.831. The van der Waals surface area contributed by atoms with Gasteiger partial charge in [0.2, 0.25) is 5.56 Å². The second-order valence-corrected chi connectivity index (χ2v) is 7.70. The zero-order valence-corrected chi connectivity index (χ0v) is 15.4. The van der Waals surface area contributed by atoms with Crippen LogP contribution >= 0.6 is 0 Å². The van der Waals surface area contributed by atoms with Gasteiger partial charge in [0, 0.05) is 38.5 Å². The fourth-order valence-corrected chi connectivity index (χ4v) is 4.14. The third kappa shape index (κ3) is 3.65. The van der Waals surface area contributed by atoms with Crippen molar-refractivity contribution in [2.45, 2.75) is 45.2 Å². The average Bonchev–Trinajstić information content (AvgIpc) is 3.07. The molecule has 26 heavy (non-hydrogen) atoms. The van der Waals surface area contributed by atoms with E-state index < -0.39 is 0 Å². The number of likely N-dealkylation sites (tertiary alicyclic amines) is 1. The zero-order valence-electron chi connectivity index (χ0n) is 15.4. The maximum absolute atomic E-state index is 12.3. The van der Waals surface area contributed by atoms with E-state index in [9.17, 15) is 9.59 Å². The Kier molecular flexibility index (Phi) is 4.76. The monoisotopic (exact) mass is 354 g/mol. The predicted molar refractivity (Wildman–Crippen MR) is 100 cm³/mol. The Balaban J connectivity index is 1.34. The predicted octanol–water partition coefficient (Wildman–Crippen LogP) is 1.34. The Labute approximate surface area is 153 Å². The first kappa shape index (κ1) is 17.2. The second kappa shape index (κ2) is 7.19. The minimum absolute atomic E-state index is 0.0275. The van der Waals surface area contributed by atoms with Crippen LogP contribution in [0.15, 0.2) is 34.0 Å². The fraction of sp³-hybridized carbons (Fsp3) is 0.550. The number of aryl methyl sites for hydroxylation is 3. The summed E-state index contributed by atoms with van der Waals surface area (Å²) in [6, 6.07) is 5.35. The minimum Gasteiger partial charge on any atom is -0.318 e. The lowest BCUT2D eigenvalue weighted by Gasteiger charge is -2.32. The average molecular weight is 354 g/mol. The van der Waals surface area contributed by atoms with Crippen molar-refractivity contribution in [1.29, 1.82) is 0 Å². The molecule has 2 aromatic rings. The van der Waals surface area contributed by atoms with E-state index in [0.29, 0.717) is 5.92 Å². The first-order valence-electron chi connectivity index (χ1n) is 9.56. The highest BCUT2D eigenvalue weighted by Gasteiger charge is 2.22. The van der Waals surface area contributed by atoms with E-state index in [0.717, 1.165) is 69.5 Å².